The summed E-state index contributed by atoms with van der Waals surface area (Å²) in [5, 5.41) is 12.3. The third-order valence-corrected chi connectivity index (χ3v) is 6.83. The highest BCUT2D eigenvalue weighted by molar-refractivity contribution is 7.99. The lowest BCUT2D eigenvalue weighted by Crippen LogP contribution is -2.17. The molecule has 0 radical (unpaired) electrons. The number of ketones is 1. The maximum Gasteiger partial charge on any atom is 0.228 e. The molecule has 2 aliphatic rings. The van der Waals surface area contributed by atoms with E-state index in [2.05, 4.69) is 15.5 Å². The molecule has 0 saturated carbocycles. The van der Waals surface area contributed by atoms with E-state index in [1.807, 2.05) is 28.8 Å². The number of fused-ring (bicyclic) bond motifs is 1. The molecule has 1 fully saturated rings. The molecular weight excluding hydrogens is 440 g/mol. The Bertz CT molecular complexity index is 1190. The van der Waals surface area contributed by atoms with Gasteiger partial charge in [0.2, 0.25) is 5.91 Å². The van der Waals surface area contributed by atoms with Crippen LogP contribution in [-0.4, -0.2) is 52.0 Å². The van der Waals surface area contributed by atoms with Crippen LogP contribution in [0.1, 0.15) is 28.8 Å². The van der Waals surface area contributed by atoms with E-state index in [1.165, 1.54) is 11.8 Å². The lowest BCUT2D eigenvalue weighted by atomic mass is 10.1. The van der Waals surface area contributed by atoms with Gasteiger partial charge in [0.1, 0.15) is 5.75 Å². The Morgan fingerprint density at radius 1 is 1.24 bits per heavy atom. The Morgan fingerprint density at radius 3 is 2.85 bits per heavy atom. The summed E-state index contributed by atoms with van der Waals surface area (Å²) in [6, 6.07) is 13.0. The molecule has 0 aliphatic carbocycles. The quantitative estimate of drug-likeness (QED) is 0.402. The second kappa shape index (κ2) is 9.36. The topological polar surface area (TPSA) is 95.3 Å². The number of amides is 1. The van der Waals surface area contributed by atoms with E-state index in [9.17, 15) is 9.59 Å². The first kappa shape index (κ1) is 21.7. The highest BCUT2D eigenvalue weighted by Gasteiger charge is 2.23. The molecule has 8 nitrogen and oxygen atoms in total. The standard InChI is InChI=1S/C24H24N4O4S/c1-31-18-7-4-15(5-8-18)23-26-27-24(28(23)13-19-3-2-10-32-19)33-14-21(29)16-6-9-20-17(11-16)12-22(30)25-20/h4-9,11,19H,2-3,10,12-14H2,1H3,(H,25,30). The first-order valence-electron chi connectivity index (χ1n) is 10.9. The van der Waals surface area contributed by atoms with Gasteiger partial charge in [-0.2, -0.15) is 0 Å². The first-order valence-corrected chi connectivity index (χ1v) is 11.9. The molecule has 3 heterocycles. The molecule has 2 aromatic carbocycles. The molecule has 1 saturated heterocycles. The minimum atomic E-state index is -0.0442. The number of carbonyl (C=O) groups is 2. The number of aromatic nitrogens is 3. The normalized spacial score (nSPS) is 17.1. The largest absolute Gasteiger partial charge is 0.497 e. The molecule has 1 aromatic heterocycles. The van der Waals surface area contributed by atoms with Crippen molar-refractivity contribution in [3.63, 3.8) is 0 Å². The lowest BCUT2D eigenvalue weighted by Gasteiger charge is -2.15. The van der Waals surface area contributed by atoms with Crippen molar-refractivity contribution in [3.05, 3.63) is 53.6 Å². The van der Waals surface area contributed by atoms with Crippen LogP contribution in [0, 0.1) is 0 Å². The summed E-state index contributed by atoms with van der Waals surface area (Å²) in [4.78, 5) is 24.5. The minimum absolute atomic E-state index is 0.0141. The van der Waals surface area contributed by atoms with Crippen LogP contribution in [0.4, 0.5) is 5.69 Å². The Balaban J connectivity index is 1.35. The average molecular weight is 465 g/mol. The third kappa shape index (κ3) is 4.65. The van der Waals surface area contributed by atoms with Gasteiger partial charge in [-0.25, -0.2) is 0 Å². The van der Waals surface area contributed by atoms with E-state index in [0.717, 1.165) is 47.8 Å². The SMILES string of the molecule is COc1ccc(-c2nnc(SCC(=O)c3ccc4c(c3)CC(=O)N4)n2CC2CCCO2)cc1. The fourth-order valence-corrected chi connectivity index (χ4v) is 4.96. The zero-order valence-corrected chi connectivity index (χ0v) is 19.1. The number of nitrogens with one attached hydrogen (secondary N) is 1. The number of Topliss-reactive ketones (excluding diaryl/α,β-unsaturated/α-hetero) is 1. The summed E-state index contributed by atoms with van der Waals surface area (Å²) in [6.07, 6.45) is 2.45. The zero-order chi connectivity index (χ0) is 22.8. The number of ether oxygens (including phenoxy) is 2. The van der Waals surface area contributed by atoms with E-state index in [4.69, 9.17) is 9.47 Å². The first-order chi connectivity index (χ1) is 16.1. The van der Waals surface area contributed by atoms with Gasteiger partial charge in [-0.1, -0.05) is 11.8 Å². The van der Waals surface area contributed by atoms with Gasteiger partial charge < -0.3 is 14.8 Å². The van der Waals surface area contributed by atoms with Gasteiger partial charge in [0.25, 0.3) is 0 Å². The summed E-state index contributed by atoms with van der Waals surface area (Å²) in [5.41, 5.74) is 3.16. The Kier molecular flexibility index (Phi) is 6.15. The van der Waals surface area contributed by atoms with Crippen LogP contribution in [0.25, 0.3) is 11.4 Å². The number of methoxy groups -OCH3 is 1. The van der Waals surface area contributed by atoms with E-state index in [-0.39, 0.29) is 23.5 Å². The molecule has 1 unspecified atom stereocenters. The van der Waals surface area contributed by atoms with Crippen molar-refractivity contribution >= 4 is 29.1 Å². The predicted octanol–water partition coefficient (Wildman–Crippen LogP) is 3.60. The number of benzene rings is 2. The number of hydrogen-bond acceptors (Lipinski definition) is 7. The molecule has 1 amide bonds. The van der Waals surface area contributed by atoms with Gasteiger partial charge >= 0.3 is 0 Å². The van der Waals surface area contributed by atoms with Crippen LogP contribution < -0.4 is 10.1 Å². The van der Waals surface area contributed by atoms with Crippen LogP contribution in [-0.2, 0) is 22.5 Å². The van der Waals surface area contributed by atoms with Crippen molar-refractivity contribution in [1.29, 1.82) is 0 Å². The third-order valence-electron chi connectivity index (χ3n) is 5.86. The van der Waals surface area contributed by atoms with Gasteiger partial charge in [-0.3, -0.25) is 14.2 Å². The van der Waals surface area contributed by atoms with Crippen molar-refractivity contribution in [2.24, 2.45) is 0 Å². The van der Waals surface area contributed by atoms with Gasteiger partial charge in [-0.15, -0.1) is 10.2 Å². The molecule has 33 heavy (non-hydrogen) atoms. The highest BCUT2D eigenvalue weighted by atomic mass is 32.2. The summed E-state index contributed by atoms with van der Waals surface area (Å²) in [7, 11) is 1.63. The van der Waals surface area contributed by atoms with E-state index in [1.54, 1.807) is 25.3 Å². The number of anilines is 1. The summed E-state index contributed by atoms with van der Waals surface area (Å²) < 4.78 is 13.2. The number of nitrogens with zero attached hydrogens (tertiary/aromatic N) is 3. The number of carbonyl (C=O) groups excluding carboxylic acids is 2. The van der Waals surface area contributed by atoms with Crippen molar-refractivity contribution in [2.75, 3.05) is 24.8 Å². The Morgan fingerprint density at radius 2 is 2.09 bits per heavy atom. The van der Waals surface area contributed by atoms with Crippen molar-refractivity contribution in [3.8, 4) is 17.1 Å². The fourth-order valence-electron chi connectivity index (χ4n) is 4.12. The van der Waals surface area contributed by atoms with E-state index in [0.29, 0.717) is 23.7 Å². The summed E-state index contributed by atoms with van der Waals surface area (Å²) >= 11 is 1.37. The monoisotopic (exact) mass is 464 g/mol. The molecule has 2 aliphatic heterocycles. The predicted molar refractivity (Wildman–Crippen MR) is 125 cm³/mol. The van der Waals surface area contributed by atoms with Gasteiger partial charge in [0.05, 0.1) is 31.9 Å². The Hall–Kier alpha value is -3.17. The molecule has 5 rings (SSSR count). The van der Waals surface area contributed by atoms with Crippen molar-refractivity contribution in [1.82, 2.24) is 14.8 Å². The summed E-state index contributed by atoms with van der Waals surface area (Å²) in [6.45, 7) is 1.40. The van der Waals surface area contributed by atoms with Crippen LogP contribution >= 0.6 is 11.8 Å². The van der Waals surface area contributed by atoms with Crippen LogP contribution in [0.3, 0.4) is 0 Å². The second-order valence-corrected chi connectivity index (χ2v) is 9.03. The van der Waals surface area contributed by atoms with Crippen molar-refractivity contribution in [2.45, 2.75) is 37.1 Å². The number of rotatable bonds is 8. The van der Waals surface area contributed by atoms with Crippen LogP contribution in [0.5, 0.6) is 5.75 Å². The van der Waals surface area contributed by atoms with Gasteiger partial charge in [-0.05, 0) is 60.9 Å². The van der Waals surface area contributed by atoms with E-state index >= 15 is 0 Å². The lowest BCUT2D eigenvalue weighted by molar-refractivity contribution is -0.115. The second-order valence-electron chi connectivity index (χ2n) is 8.09. The highest BCUT2D eigenvalue weighted by Crippen LogP contribution is 2.29. The molecule has 3 aromatic rings. The summed E-state index contributed by atoms with van der Waals surface area (Å²) in [5.74, 6) is 1.68. The van der Waals surface area contributed by atoms with E-state index < -0.39 is 0 Å². The fraction of sp³-hybridized carbons (Fsp3) is 0.333. The molecule has 9 heteroatoms. The maximum absolute atomic E-state index is 12.9. The molecule has 1 atom stereocenters. The van der Waals surface area contributed by atoms with Crippen LogP contribution in [0.15, 0.2) is 47.6 Å². The van der Waals surface area contributed by atoms with Crippen LogP contribution in [0.2, 0.25) is 0 Å². The molecule has 0 spiro atoms. The molecule has 170 valence electrons. The maximum atomic E-state index is 12.9. The molecule has 0 bridgehead atoms. The smallest absolute Gasteiger partial charge is 0.228 e. The molecular formula is C24H24N4O4S. The number of thioether (sulfide) groups is 1. The minimum Gasteiger partial charge on any atom is -0.497 e. The van der Waals surface area contributed by atoms with Gasteiger partial charge in [0, 0.05) is 23.4 Å². The number of hydrogen-bond donors (Lipinski definition) is 1. The average Bonchev–Trinajstić information content (AvgIpc) is 3.57. The van der Waals surface area contributed by atoms with Gasteiger partial charge in [0.15, 0.2) is 16.8 Å². The van der Waals surface area contributed by atoms with Crippen molar-refractivity contribution < 1.29 is 19.1 Å². The Labute approximate surface area is 195 Å². The molecule has 1 N–H and O–H groups in total. The zero-order valence-electron chi connectivity index (χ0n) is 18.2.